The molecule has 0 aromatic heterocycles. The molecule has 0 amide bonds. The summed E-state index contributed by atoms with van der Waals surface area (Å²) in [7, 11) is -4.06. The maximum Gasteiger partial charge on any atom is 0.357 e. The van der Waals surface area contributed by atoms with Gasteiger partial charge in [0, 0.05) is 25.3 Å². The SMILES string of the molecule is O=C(ONS(=O)(=O)c1cccc(CCCCOCCCCCCNC[C@@H](O)c2ccc(O)c(CO)c2)c1)c1ccc(-c2ccccc2)cc1. The standard InChI is InChI=1S/C38H46N2O8S/c41-28-34-26-33(20-21-36(34)42)37(43)27-39-22-7-1-2-8-23-47-24-9-6-11-29-12-10-15-35(25-29)49(45,46)40-48-38(44)32-18-16-31(17-19-32)30-13-4-3-5-14-30/h3-5,10,12-21,25-26,37,39-43H,1-2,6-9,11,22-24,27-28H2/t37-/m1/s1. The number of aliphatic hydroxyl groups is 2. The molecule has 49 heavy (non-hydrogen) atoms. The summed E-state index contributed by atoms with van der Waals surface area (Å²) in [6.45, 7) is 2.24. The van der Waals surface area contributed by atoms with Gasteiger partial charge in [0.25, 0.3) is 10.0 Å². The topological polar surface area (TPSA) is 154 Å². The van der Waals surface area contributed by atoms with E-state index in [9.17, 15) is 28.5 Å². The Morgan fingerprint density at radius 3 is 2.24 bits per heavy atom. The summed E-state index contributed by atoms with van der Waals surface area (Å²) in [4.78, 5) is 19.4. The number of aryl methyl sites for hydroxylation is 1. The third-order valence-electron chi connectivity index (χ3n) is 8.07. The Morgan fingerprint density at radius 1 is 0.776 bits per heavy atom. The number of rotatable bonds is 21. The van der Waals surface area contributed by atoms with Crippen molar-refractivity contribution >= 4 is 16.0 Å². The van der Waals surface area contributed by atoms with Gasteiger partial charge in [-0.15, -0.1) is 0 Å². The Hall–Kier alpha value is -4.10. The van der Waals surface area contributed by atoms with Gasteiger partial charge in [0.1, 0.15) is 5.75 Å². The third kappa shape index (κ3) is 12.4. The Morgan fingerprint density at radius 2 is 1.49 bits per heavy atom. The Kier molecular flexibility index (Phi) is 15.2. The first-order valence-corrected chi connectivity index (χ1v) is 18.1. The lowest BCUT2D eigenvalue weighted by Gasteiger charge is -2.14. The number of sulfonamides is 1. The van der Waals surface area contributed by atoms with E-state index in [1.54, 1.807) is 48.5 Å². The smallest absolute Gasteiger partial charge is 0.357 e. The molecule has 0 bridgehead atoms. The van der Waals surface area contributed by atoms with Crippen molar-refractivity contribution in [2.45, 2.75) is 62.6 Å². The normalized spacial score (nSPS) is 12.1. The highest BCUT2D eigenvalue weighted by atomic mass is 32.2. The van der Waals surface area contributed by atoms with Gasteiger partial charge in [-0.25, -0.2) is 13.2 Å². The van der Waals surface area contributed by atoms with Gasteiger partial charge in [0.05, 0.1) is 23.2 Å². The number of aromatic hydroxyl groups is 1. The fourth-order valence-corrected chi connectivity index (χ4v) is 6.08. The molecule has 4 rings (SSSR count). The molecule has 0 radical (unpaired) electrons. The van der Waals surface area contributed by atoms with Crippen LogP contribution >= 0.6 is 0 Å². The first-order chi connectivity index (χ1) is 23.8. The summed E-state index contributed by atoms with van der Waals surface area (Å²) < 4.78 is 31.4. The second kappa shape index (κ2) is 19.8. The number of aliphatic hydroxyl groups excluding tert-OH is 2. The van der Waals surface area contributed by atoms with E-state index < -0.39 is 22.1 Å². The van der Waals surface area contributed by atoms with Gasteiger partial charge >= 0.3 is 5.97 Å². The molecule has 0 fully saturated rings. The lowest BCUT2D eigenvalue weighted by atomic mass is 10.0. The molecular formula is C38H46N2O8S. The maximum absolute atomic E-state index is 12.8. The summed E-state index contributed by atoms with van der Waals surface area (Å²) >= 11 is 0. The third-order valence-corrected chi connectivity index (χ3v) is 9.25. The van der Waals surface area contributed by atoms with Gasteiger partial charge < -0.3 is 30.2 Å². The molecule has 0 saturated carbocycles. The first kappa shape index (κ1) is 37.7. The van der Waals surface area contributed by atoms with Crippen molar-refractivity contribution in [1.29, 1.82) is 0 Å². The second-order valence-corrected chi connectivity index (χ2v) is 13.5. The number of ether oxygens (including phenoxy) is 1. The summed E-state index contributed by atoms with van der Waals surface area (Å²) in [5.41, 5.74) is 4.08. The highest BCUT2D eigenvalue weighted by Crippen LogP contribution is 2.23. The second-order valence-electron chi connectivity index (χ2n) is 11.8. The van der Waals surface area contributed by atoms with E-state index in [0.29, 0.717) is 37.3 Å². The number of hydrogen-bond donors (Lipinski definition) is 5. The number of phenols is 1. The molecule has 0 aliphatic carbocycles. The van der Waals surface area contributed by atoms with Crippen molar-refractivity contribution in [1.82, 2.24) is 10.2 Å². The Labute approximate surface area is 288 Å². The van der Waals surface area contributed by atoms with Crippen molar-refractivity contribution in [3.63, 3.8) is 0 Å². The minimum Gasteiger partial charge on any atom is -0.508 e. The van der Waals surface area contributed by atoms with E-state index in [-0.39, 0.29) is 22.8 Å². The van der Waals surface area contributed by atoms with Gasteiger partial charge in [0.15, 0.2) is 0 Å². The van der Waals surface area contributed by atoms with Crippen molar-refractivity contribution in [2.75, 3.05) is 26.3 Å². The van der Waals surface area contributed by atoms with Gasteiger partial charge in [0.2, 0.25) is 0 Å². The predicted octanol–water partition coefficient (Wildman–Crippen LogP) is 5.82. The van der Waals surface area contributed by atoms with Crippen molar-refractivity contribution < 1.29 is 38.1 Å². The number of benzene rings is 4. The van der Waals surface area contributed by atoms with Crippen LogP contribution in [0, 0.1) is 0 Å². The average Bonchev–Trinajstić information content (AvgIpc) is 3.13. The number of carbonyl (C=O) groups is 1. The molecule has 5 N–H and O–H groups in total. The molecule has 0 aliphatic rings. The fourth-order valence-electron chi connectivity index (χ4n) is 5.24. The zero-order valence-electron chi connectivity index (χ0n) is 27.6. The van der Waals surface area contributed by atoms with Crippen LogP contribution in [0.3, 0.4) is 0 Å². The molecule has 0 aliphatic heterocycles. The van der Waals surface area contributed by atoms with Crippen LogP contribution in [0.4, 0.5) is 0 Å². The highest BCUT2D eigenvalue weighted by molar-refractivity contribution is 7.89. The van der Waals surface area contributed by atoms with Crippen LogP contribution in [0.1, 0.15) is 71.7 Å². The van der Waals surface area contributed by atoms with Gasteiger partial charge in [-0.1, -0.05) is 73.5 Å². The lowest BCUT2D eigenvalue weighted by molar-refractivity contribution is 0.0407. The van der Waals surface area contributed by atoms with E-state index in [1.165, 1.54) is 12.1 Å². The summed E-state index contributed by atoms with van der Waals surface area (Å²) in [6.07, 6.45) is 5.73. The van der Waals surface area contributed by atoms with E-state index in [0.717, 1.165) is 61.8 Å². The quantitative estimate of drug-likeness (QED) is 0.0537. The summed E-state index contributed by atoms with van der Waals surface area (Å²) in [5.74, 6) is -0.778. The molecule has 0 heterocycles. The van der Waals surface area contributed by atoms with Crippen molar-refractivity contribution in [3.05, 3.63) is 119 Å². The zero-order chi connectivity index (χ0) is 34.9. The molecule has 1 atom stereocenters. The molecule has 4 aromatic rings. The number of nitrogens with one attached hydrogen (secondary N) is 2. The van der Waals surface area contributed by atoms with Crippen LogP contribution in [0.15, 0.2) is 102 Å². The van der Waals surface area contributed by atoms with Crippen LogP contribution in [0.5, 0.6) is 5.75 Å². The van der Waals surface area contributed by atoms with E-state index in [1.807, 2.05) is 41.3 Å². The fraction of sp³-hybridized carbons (Fsp3) is 0.342. The molecule has 262 valence electrons. The van der Waals surface area contributed by atoms with Gasteiger partial charge in [-0.3, -0.25) is 0 Å². The zero-order valence-corrected chi connectivity index (χ0v) is 28.4. The van der Waals surface area contributed by atoms with Crippen molar-refractivity contribution in [3.8, 4) is 16.9 Å². The number of carbonyl (C=O) groups excluding carboxylic acids is 1. The maximum atomic E-state index is 12.8. The minimum absolute atomic E-state index is 0.0194. The van der Waals surface area contributed by atoms with Crippen LogP contribution in [0.2, 0.25) is 0 Å². The Balaban J connectivity index is 1.04. The molecule has 11 heteroatoms. The number of unbranched alkanes of at least 4 members (excludes halogenated alkanes) is 4. The average molecular weight is 691 g/mol. The number of hydrogen-bond acceptors (Lipinski definition) is 9. The monoisotopic (exact) mass is 690 g/mol. The molecule has 10 nitrogen and oxygen atoms in total. The molecule has 0 spiro atoms. The van der Waals surface area contributed by atoms with Crippen molar-refractivity contribution in [2.24, 2.45) is 0 Å². The molecule has 0 saturated heterocycles. The van der Waals surface area contributed by atoms with E-state index >= 15 is 0 Å². The molecule has 0 unspecified atom stereocenters. The molecular weight excluding hydrogens is 644 g/mol. The van der Waals surface area contributed by atoms with Crippen LogP contribution in [-0.2, 0) is 32.6 Å². The van der Waals surface area contributed by atoms with E-state index in [2.05, 4.69) is 5.32 Å². The van der Waals surface area contributed by atoms with E-state index in [4.69, 9.17) is 9.57 Å². The van der Waals surface area contributed by atoms with Crippen LogP contribution in [0.25, 0.3) is 11.1 Å². The largest absolute Gasteiger partial charge is 0.508 e. The summed E-state index contributed by atoms with van der Waals surface area (Å²) in [5, 5.41) is 32.5. The minimum atomic E-state index is -4.06. The van der Waals surface area contributed by atoms with Crippen LogP contribution < -0.4 is 10.2 Å². The van der Waals surface area contributed by atoms with Gasteiger partial charge in [-0.05, 0) is 102 Å². The Bertz CT molecular complexity index is 1700. The van der Waals surface area contributed by atoms with Crippen LogP contribution in [-0.4, -0.2) is 56.0 Å². The lowest BCUT2D eigenvalue weighted by Crippen LogP contribution is -2.27. The highest BCUT2D eigenvalue weighted by Gasteiger charge is 2.18. The van der Waals surface area contributed by atoms with Gasteiger partial charge in [-0.2, -0.15) is 0 Å². The first-order valence-electron chi connectivity index (χ1n) is 16.6. The molecule has 4 aromatic carbocycles. The predicted molar refractivity (Wildman–Crippen MR) is 188 cm³/mol. The summed E-state index contributed by atoms with van der Waals surface area (Å²) in [6, 6.07) is 27.8.